The van der Waals surface area contributed by atoms with Crippen LogP contribution >= 0.6 is 0 Å². The molecule has 1 amide bonds. The number of hydrogen-bond acceptors (Lipinski definition) is 3. The summed E-state index contributed by atoms with van der Waals surface area (Å²) in [5.41, 5.74) is 3.22. The molecule has 1 aliphatic carbocycles. The predicted octanol–water partition coefficient (Wildman–Crippen LogP) is 4.01. The first-order valence-corrected chi connectivity index (χ1v) is 9.57. The van der Waals surface area contributed by atoms with E-state index in [4.69, 9.17) is 9.72 Å². The Hall–Kier alpha value is -2.82. The quantitative estimate of drug-likeness (QED) is 0.690. The van der Waals surface area contributed by atoms with Gasteiger partial charge in [0.15, 0.2) is 0 Å². The molecule has 0 saturated heterocycles. The Balaban J connectivity index is 1.52. The Labute approximate surface area is 159 Å². The van der Waals surface area contributed by atoms with Crippen LogP contribution in [0.4, 0.5) is 0 Å². The van der Waals surface area contributed by atoms with Crippen molar-refractivity contribution in [2.75, 3.05) is 6.61 Å². The molecule has 1 atom stereocenters. The van der Waals surface area contributed by atoms with Gasteiger partial charge in [-0.3, -0.25) is 4.79 Å². The average Bonchev–Trinajstić information content (AvgIpc) is 3.46. The fourth-order valence-corrected chi connectivity index (χ4v) is 3.29. The van der Waals surface area contributed by atoms with Crippen molar-refractivity contribution in [3.8, 4) is 5.75 Å². The van der Waals surface area contributed by atoms with Gasteiger partial charge in [-0.1, -0.05) is 29.8 Å². The molecule has 0 aliphatic heterocycles. The van der Waals surface area contributed by atoms with Crippen LogP contribution in [0, 0.1) is 12.8 Å². The summed E-state index contributed by atoms with van der Waals surface area (Å²) in [6.07, 6.45) is 2.00. The van der Waals surface area contributed by atoms with Crippen molar-refractivity contribution in [1.82, 2.24) is 14.9 Å². The van der Waals surface area contributed by atoms with Crippen molar-refractivity contribution in [2.24, 2.45) is 5.92 Å². The molecule has 1 aromatic heterocycles. The Morgan fingerprint density at radius 3 is 2.70 bits per heavy atom. The number of carbonyl (C=O) groups excluding carboxylic acids is 1. The van der Waals surface area contributed by atoms with Crippen LogP contribution in [-0.4, -0.2) is 22.1 Å². The standard InChI is InChI=1S/C22H25N3O2/c1-15-7-11-18(12-8-15)27-14-13-25-20-6-4-3-5-19(20)24-21(25)16(2)23-22(26)17-9-10-17/h3-8,11-12,16-17H,9-10,13-14H2,1-2H3,(H,23,26). The second kappa shape index (κ2) is 7.43. The van der Waals surface area contributed by atoms with Crippen LogP contribution in [0.1, 0.15) is 37.2 Å². The molecule has 1 saturated carbocycles. The summed E-state index contributed by atoms with van der Waals surface area (Å²) in [6, 6.07) is 16.0. The summed E-state index contributed by atoms with van der Waals surface area (Å²) in [4.78, 5) is 16.9. The van der Waals surface area contributed by atoms with Crippen molar-refractivity contribution in [1.29, 1.82) is 0 Å². The first-order valence-electron chi connectivity index (χ1n) is 9.57. The van der Waals surface area contributed by atoms with Crippen molar-refractivity contribution in [2.45, 2.75) is 39.3 Å². The highest BCUT2D eigenvalue weighted by Gasteiger charge is 2.31. The highest BCUT2D eigenvalue weighted by atomic mass is 16.5. The lowest BCUT2D eigenvalue weighted by molar-refractivity contribution is -0.123. The van der Waals surface area contributed by atoms with Crippen LogP contribution < -0.4 is 10.1 Å². The first-order chi connectivity index (χ1) is 13.1. The third-order valence-corrected chi connectivity index (χ3v) is 4.98. The van der Waals surface area contributed by atoms with Gasteiger partial charge in [0.25, 0.3) is 0 Å². The molecule has 5 nitrogen and oxygen atoms in total. The van der Waals surface area contributed by atoms with Crippen LogP contribution in [0.3, 0.4) is 0 Å². The maximum absolute atomic E-state index is 12.2. The smallest absolute Gasteiger partial charge is 0.223 e. The van der Waals surface area contributed by atoms with Gasteiger partial charge in [-0.25, -0.2) is 4.98 Å². The number of imidazole rings is 1. The zero-order chi connectivity index (χ0) is 18.8. The second-order valence-electron chi connectivity index (χ2n) is 7.28. The molecule has 1 heterocycles. The molecule has 0 radical (unpaired) electrons. The Morgan fingerprint density at radius 2 is 1.96 bits per heavy atom. The Morgan fingerprint density at radius 1 is 1.22 bits per heavy atom. The maximum atomic E-state index is 12.2. The molecule has 5 heteroatoms. The fraction of sp³-hybridized carbons (Fsp3) is 0.364. The van der Waals surface area contributed by atoms with E-state index >= 15 is 0 Å². The molecule has 140 valence electrons. The van der Waals surface area contributed by atoms with E-state index in [1.165, 1.54) is 5.56 Å². The van der Waals surface area contributed by atoms with Gasteiger partial charge in [-0.15, -0.1) is 0 Å². The number of fused-ring (bicyclic) bond motifs is 1. The summed E-state index contributed by atoms with van der Waals surface area (Å²) < 4.78 is 8.07. The van der Waals surface area contributed by atoms with Crippen LogP contribution in [0.25, 0.3) is 11.0 Å². The summed E-state index contributed by atoms with van der Waals surface area (Å²) in [6.45, 7) is 5.27. The van der Waals surface area contributed by atoms with Crippen LogP contribution in [0.5, 0.6) is 5.75 Å². The molecule has 3 aromatic rings. The number of ether oxygens (including phenoxy) is 1. The van der Waals surface area contributed by atoms with Crippen molar-refractivity contribution in [3.05, 3.63) is 59.9 Å². The third kappa shape index (κ3) is 3.97. The number of rotatable bonds is 7. The van der Waals surface area contributed by atoms with Gasteiger partial charge in [0.2, 0.25) is 5.91 Å². The SMILES string of the molecule is Cc1ccc(OCCn2c(C(C)NC(=O)C3CC3)nc3ccccc32)cc1. The number of benzene rings is 2. The number of amides is 1. The summed E-state index contributed by atoms with van der Waals surface area (Å²) in [5, 5.41) is 3.11. The topological polar surface area (TPSA) is 56.1 Å². The van der Waals surface area contributed by atoms with Gasteiger partial charge in [-0.2, -0.15) is 0 Å². The lowest BCUT2D eigenvalue weighted by Crippen LogP contribution is -2.30. The normalized spacial score (nSPS) is 14.9. The Bertz CT molecular complexity index is 942. The van der Waals surface area contributed by atoms with E-state index in [0.29, 0.717) is 13.2 Å². The van der Waals surface area contributed by atoms with Crippen molar-refractivity contribution in [3.63, 3.8) is 0 Å². The van der Waals surface area contributed by atoms with Gasteiger partial charge in [-0.05, 0) is 51.0 Å². The van der Waals surface area contributed by atoms with Gasteiger partial charge >= 0.3 is 0 Å². The minimum Gasteiger partial charge on any atom is -0.492 e. The molecule has 0 spiro atoms. The molecule has 1 N–H and O–H groups in total. The molecule has 0 bridgehead atoms. The van der Waals surface area contributed by atoms with Crippen molar-refractivity contribution < 1.29 is 9.53 Å². The molecular formula is C22H25N3O2. The zero-order valence-electron chi connectivity index (χ0n) is 15.8. The number of hydrogen-bond donors (Lipinski definition) is 1. The largest absolute Gasteiger partial charge is 0.492 e. The summed E-state index contributed by atoms with van der Waals surface area (Å²) >= 11 is 0. The Kier molecular flexibility index (Phi) is 4.84. The van der Waals surface area contributed by atoms with E-state index in [-0.39, 0.29) is 17.9 Å². The lowest BCUT2D eigenvalue weighted by atomic mass is 10.2. The number of carbonyl (C=O) groups is 1. The number of nitrogens with one attached hydrogen (secondary N) is 1. The van der Waals surface area contributed by atoms with Crippen LogP contribution in [0.2, 0.25) is 0 Å². The molecular weight excluding hydrogens is 338 g/mol. The minimum atomic E-state index is -0.134. The van der Waals surface area contributed by atoms with Gasteiger partial charge in [0, 0.05) is 5.92 Å². The highest BCUT2D eigenvalue weighted by molar-refractivity contribution is 5.81. The molecule has 27 heavy (non-hydrogen) atoms. The number of aryl methyl sites for hydroxylation is 1. The molecule has 2 aromatic carbocycles. The molecule has 1 fully saturated rings. The van der Waals surface area contributed by atoms with E-state index < -0.39 is 0 Å². The van der Waals surface area contributed by atoms with E-state index in [1.807, 2.05) is 49.4 Å². The number of nitrogens with zero attached hydrogens (tertiary/aromatic N) is 2. The van der Waals surface area contributed by atoms with Gasteiger partial charge < -0.3 is 14.6 Å². The molecule has 1 unspecified atom stereocenters. The zero-order valence-corrected chi connectivity index (χ0v) is 15.8. The summed E-state index contributed by atoms with van der Waals surface area (Å²) in [5.74, 6) is 2.06. The average molecular weight is 363 g/mol. The molecule has 1 aliphatic rings. The van der Waals surface area contributed by atoms with Gasteiger partial charge in [0.1, 0.15) is 18.2 Å². The number of aromatic nitrogens is 2. The predicted molar refractivity (Wildman–Crippen MR) is 106 cm³/mol. The monoisotopic (exact) mass is 363 g/mol. The third-order valence-electron chi connectivity index (χ3n) is 4.98. The summed E-state index contributed by atoms with van der Waals surface area (Å²) in [7, 11) is 0. The highest BCUT2D eigenvalue weighted by Crippen LogP contribution is 2.30. The minimum absolute atomic E-state index is 0.134. The first kappa shape index (κ1) is 17.6. The molecule has 4 rings (SSSR count). The second-order valence-corrected chi connectivity index (χ2v) is 7.28. The van der Waals surface area contributed by atoms with E-state index in [1.54, 1.807) is 0 Å². The maximum Gasteiger partial charge on any atom is 0.223 e. The van der Waals surface area contributed by atoms with Crippen LogP contribution in [-0.2, 0) is 11.3 Å². The van der Waals surface area contributed by atoms with E-state index in [2.05, 4.69) is 22.9 Å². The fourth-order valence-electron chi connectivity index (χ4n) is 3.29. The van der Waals surface area contributed by atoms with E-state index in [0.717, 1.165) is 35.4 Å². The van der Waals surface area contributed by atoms with Crippen LogP contribution in [0.15, 0.2) is 48.5 Å². The lowest BCUT2D eigenvalue weighted by Gasteiger charge is -2.16. The van der Waals surface area contributed by atoms with Gasteiger partial charge in [0.05, 0.1) is 23.6 Å². The van der Waals surface area contributed by atoms with E-state index in [9.17, 15) is 4.79 Å². The van der Waals surface area contributed by atoms with Crippen molar-refractivity contribution >= 4 is 16.9 Å². The number of para-hydroxylation sites is 2.